The van der Waals surface area contributed by atoms with E-state index in [-0.39, 0.29) is 31.8 Å². The number of phenols is 1. The summed E-state index contributed by atoms with van der Waals surface area (Å²) >= 11 is 0. The van der Waals surface area contributed by atoms with E-state index >= 15 is 0 Å². The average Bonchev–Trinajstić information content (AvgIpc) is 2.61. The van der Waals surface area contributed by atoms with Gasteiger partial charge in [-0.25, -0.2) is 0 Å². The van der Waals surface area contributed by atoms with Gasteiger partial charge in [-0.05, 0) is 28.7 Å². The Hall–Kier alpha value is -2.14. The van der Waals surface area contributed by atoms with Crippen LogP contribution in [0, 0.1) is 0 Å². The molecule has 5 nitrogen and oxygen atoms in total. The van der Waals surface area contributed by atoms with Gasteiger partial charge in [0.1, 0.15) is 5.75 Å². The summed E-state index contributed by atoms with van der Waals surface area (Å²) in [6.45, 7) is -0.654. The number of fused-ring (bicyclic) bond motifs is 1. The summed E-state index contributed by atoms with van der Waals surface area (Å²) in [7, 11) is 0. The maximum absolute atomic E-state index is 10.4. The van der Waals surface area contributed by atoms with Gasteiger partial charge >= 0.3 is 0 Å². The van der Waals surface area contributed by atoms with Gasteiger partial charge in [0.2, 0.25) is 0 Å². The molecule has 5 N–H and O–H groups in total. The lowest BCUT2D eigenvalue weighted by atomic mass is 9.98. The fourth-order valence-electron chi connectivity index (χ4n) is 2.56. The van der Waals surface area contributed by atoms with Gasteiger partial charge in [0.15, 0.2) is 0 Å². The van der Waals surface area contributed by atoms with Crippen LogP contribution in [0.2, 0.25) is 0 Å². The number of aliphatic hydroxyl groups is 4. The first-order chi connectivity index (χ1) is 11.6. The number of hydrogen-bond acceptors (Lipinski definition) is 5. The summed E-state index contributed by atoms with van der Waals surface area (Å²) in [6, 6.07) is 10.5. The summed E-state index contributed by atoms with van der Waals surface area (Å²) in [5, 5.41) is 49.2. The normalized spacial score (nSPS) is 13.3. The molecule has 0 radical (unpaired) electrons. The van der Waals surface area contributed by atoms with E-state index in [1.165, 1.54) is 0 Å². The zero-order chi connectivity index (χ0) is 17.5. The molecule has 0 fully saturated rings. The highest BCUT2D eigenvalue weighted by Gasteiger charge is 2.12. The molecule has 2 aromatic carbocycles. The van der Waals surface area contributed by atoms with Gasteiger partial charge in [0.05, 0.1) is 25.4 Å². The number of aliphatic hydroxyl groups excluding tert-OH is 4. The average molecular weight is 330 g/mol. The van der Waals surface area contributed by atoms with Crippen molar-refractivity contribution in [3.8, 4) is 5.75 Å². The highest BCUT2D eigenvalue weighted by Crippen LogP contribution is 2.31. The Balaban J connectivity index is 2.20. The standard InChI is InChI=1S/C19H22O5/c20-11-13(10-14(22)12-21)4-3-7-18(23)17-8-9-19(24)16-6-2-1-5-15(16)17/h1-3,5-6,8-9,14,18,20-24H,7,10-12H2/t4?,14-,18-/m1/s1. The molecule has 0 aliphatic carbocycles. The molecule has 0 heterocycles. The number of phenolic OH excluding ortho intramolecular Hbond substituents is 1. The van der Waals surface area contributed by atoms with Crippen molar-refractivity contribution in [2.24, 2.45) is 0 Å². The minimum absolute atomic E-state index is 0.127. The van der Waals surface area contributed by atoms with Crippen LogP contribution in [0.1, 0.15) is 24.5 Å². The van der Waals surface area contributed by atoms with Crippen LogP contribution in [0.4, 0.5) is 0 Å². The highest BCUT2D eigenvalue weighted by atomic mass is 16.3. The Morgan fingerprint density at radius 2 is 1.75 bits per heavy atom. The molecule has 5 heteroatoms. The maximum Gasteiger partial charge on any atom is 0.123 e. The van der Waals surface area contributed by atoms with Crippen molar-refractivity contribution in [2.45, 2.75) is 25.0 Å². The lowest BCUT2D eigenvalue weighted by Gasteiger charge is -2.12. The van der Waals surface area contributed by atoms with Crippen molar-refractivity contribution >= 4 is 10.8 Å². The van der Waals surface area contributed by atoms with Gasteiger partial charge in [-0.3, -0.25) is 0 Å². The minimum atomic E-state index is -0.931. The van der Waals surface area contributed by atoms with Gasteiger partial charge in [-0.15, -0.1) is 5.73 Å². The van der Waals surface area contributed by atoms with Crippen LogP contribution in [0.5, 0.6) is 5.75 Å². The molecule has 0 amide bonds. The summed E-state index contributed by atoms with van der Waals surface area (Å²) in [5.74, 6) is 0.164. The minimum Gasteiger partial charge on any atom is -0.507 e. The van der Waals surface area contributed by atoms with Crippen LogP contribution in [0.15, 0.2) is 53.8 Å². The SMILES string of the molecule is OCC(=C=CC[C@@H](O)c1ccc(O)c2ccccc12)C[C@@H](O)CO. The second-order valence-electron chi connectivity index (χ2n) is 5.62. The lowest BCUT2D eigenvalue weighted by Crippen LogP contribution is -2.13. The Bertz CT molecular complexity index is 747. The van der Waals surface area contributed by atoms with Crippen LogP contribution in [-0.4, -0.2) is 44.9 Å². The van der Waals surface area contributed by atoms with Gasteiger partial charge in [-0.2, -0.15) is 0 Å². The van der Waals surface area contributed by atoms with Crippen molar-refractivity contribution in [1.29, 1.82) is 0 Å². The molecule has 0 aliphatic rings. The van der Waals surface area contributed by atoms with Crippen molar-refractivity contribution in [3.63, 3.8) is 0 Å². The van der Waals surface area contributed by atoms with E-state index < -0.39 is 12.2 Å². The first kappa shape index (κ1) is 18.2. The quantitative estimate of drug-likeness (QED) is 0.498. The fraction of sp³-hybridized carbons (Fsp3) is 0.316. The van der Waals surface area contributed by atoms with Crippen LogP contribution < -0.4 is 0 Å². The number of aromatic hydroxyl groups is 1. The molecule has 2 aromatic rings. The summed E-state index contributed by atoms with van der Waals surface area (Å²) in [6.07, 6.45) is 0.279. The molecule has 2 rings (SSSR count). The maximum atomic E-state index is 10.4. The molecule has 2 atom stereocenters. The van der Waals surface area contributed by atoms with E-state index in [0.29, 0.717) is 16.5 Å². The van der Waals surface area contributed by atoms with Gasteiger partial charge in [-0.1, -0.05) is 30.3 Å². The third-order valence-electron chi connectivity index (χ3n) is 3.82. The molecule has 0 bridgehead atoms. The van der Waals surface area contributed by atoms with E-state index in [1.54, 1.807) is 24.3 Å². The zero-order valence-electron chi connectivity index (χ0n) is 13.3. The summed E-state index contributed by atoms with van der Waals surface area (Å²) < 4.78 is 0. The second-order valence-corrected chi connectivity index (χ2v) is 5.62. The number of benzene rings is 2. The predicted molar refractivity (Wildman–Crippen MR) is 91.6 cm³/mol. The molecule has 0 aromatic heterocycles. The van der Waals surface area contributed by atoms with E-state index in [2.05, 4.69) is 5.73 Å². The van der Waals surface area contributed by atoms with Crippen LogP contribution in [0.3, 0.4) is 0 Å². The predicted octanol–water partition coefficient (Wildman–Crippen LogP) is 1.79. The topological polar surface area (TPSA) is 101 Å². The molecule has 0 spiro atoms. The van der Waals surface area contributed by atoms with E-state index in [4.69, 9.17) is 5.11 Å². The molecule has 0 aliphatic heterocycles. The van der Waals surface area contributed by atoms with Crippen LogP contribution in [0.25, 0.3) is 10.8 Å². The van der Waals surface area contributed by atoms with E-state index in [1.807, 2.05) is 18.2 Å². The smallest absolute Gasteiger partial charge is 0.123 e. The first-order valence-corrected chi connectivity index (χ1v) is 7.78. The summed E-state index contributed by atoms with van der Waals surface area (Å²) in [5.41, 5.74) is 4.01. The van der Waals surface area contributed by atoms with E-state index in [0.717, 1.165) is 5.39 Å². The Kier molecular flexibility index (Phi) is 6.55. The van der Waals surface area contributed by atoms with Gasteiger partial charge < -0.3 is 25.5 Å². The van der Waals surface area contributed by atoms with Crippen LogP contribution in [-0.2, 0) is 0 Å². The summed E-state index contributed by atoms with van der Waals surface area (Å²) in [4.78, 5) is 0. The molecule has 0 unspecified atom stereocenters. The Morgan fingerprint density at radius 1 is 1.04 bits per heavy atom. The van der Waals surface area contributed by atoms with Gasteiger partial charge in [0.25, 0.3) is 0 Å². The molecular formula is C19H22O5. The Morgan fingerprint density at radius 3 is 2.42 bits per heavy atom. The van der Waals surface area contributed by atoms with E-state index in [9.17, 15) is 20.4 Å². The molecule has 24 heavy (non-hydrogen) atoms. The lowest BCUT2D eigenvalue weighted by molar-refractivity contribution is 0.0930. The Labute approximate surface area is 140 Å². The van der Waals surface area contributed by atoms with Crippen molar-refractivity contribution < 1.29 is 25.5 Å². The third-order valence-corrected chi connectivity index (χ3v) is 3.82. The zero-order valence-corrected chi connectivity index (χ0v) is 13.3. The third kappa shape index (κ3) is 4.45. The molecule has 0 saturated carbocycles. The molecular weight excluding hydrogens is 308 g/mol. The monoisotopic (exact) mass is 330 g/mol. The van der Waals surface area contributed by atoms with Gasteiger partial charge in [0, 0.05) is 18.2 Å². The molecule has 128 valence electrons. The molecule has 0 saturated heterocycles. The number of hydrogen-bond donors (Lipinski definition) is 5. The number of rotatable bonds is 7. The highest BCUT2D eigenvalue weighted by molar-refractivity contribution is 5.91. The fourth-order valence-corrected chi connectivity index (χ4v) is 2.56. The first-order valence-electron chi connectivity index (χ1n) is 7.78. The van der Waals surface area contributed by atoms with Crippen LogP contribution >= 0.6 is 0 Å². The van der Waals surface area contributed by atoms with Crippen molar-refractivity contribution in [1.82, 2.24) is 0 Å². The second kappa shape index (κ2) is 8.64. The largest absolute Gasteiger partial charge is 0.507 e. The van der Waals surface area contributed by atoms with Crippen molar-refractivity contribution in [2.75, 3.05) is 13.2 Å². The van der Waals surface area contributed by atoms with Crippen molar-refractivity contribution in [3.05, 3.63) is 59.3 Å².